The van der Waals surface area contributed by atoms with Gasteiger partial charge in [0, 0.05) is 12.2 Å². The molecule has 0 unspecified atom stereocenters. The largest absolute Gasteiger partial charge is 0.469 e. The topological polar surface area (TPSA) is 73.0 Å². The van der Waals surface area contributed by atoms with Crippen LogP contribution in [-0.4, -0.2) is 26.4 Å². The quantitative estimate of drug-likeness (QED) is 0.372. The van der Waals surface area contributed by atoms with Crippen LogP contribution in [0, 0.1) is 6.92 Å². The van der Waals surface area contributed by atoms with Gasteiger partial charge in [0.25, 0.3) is 0 Å². The summed E-state index contributed by atoms with van der Waals surface area (Å²) in [5, 5.41) is 12.2. The maximum absolute atomic E-state index is 12.4. The van der Waals surface area contributed by atoms with Crippen LogP contribution in [0.2, 0.25) is 0 Å². The minimum Gasteiger partial charge on any atom is -0.469 e. The van der Waals surface area contributed by atoms with Crippen LogP contribution in [0.25, 0.3) is 11.4 Å². The summed E-state index contributed by atoms with van der Waals surface area (Å²) >= 11 is 1.35. The number of benzene rings is 1. The van der Waals surface area contributed by atoms with E-state index in [4.69, 9.17) is 4.42 Å². The van der Waals surface area contributed by atoms with E-state index in [0.29, 0.717) is 17.5 Å². The van der Waals surface area contributed by atoms with E-state index in [-0.39, 0.29) is 11.7 Å². The lowest BCUT2D eigenvalue weighted by atomic mass is 10.1. The fourth-order valence-electron chi connectivity index (χ4n) is 2.97. The molecule has 2 aromatic heterocycles. The number of allylic oxidation sites excluding steroid dienone is 1. The number of unbranched alkanes of at least 4 members (excludes halogenated alkanes) is 1. The Morgan fingerprint density at radius 1 is 1.28 bits per heavy atom. The zero-order valence-electron chi connectivity index (χ0n) is 16.9. The minimum atomic E-state index is -0.0782. The molecule has 0 saturated heterocycles. The van der Waals surface area contributed by atoms with Crippen molar-refractivity contribution in [1.29, 1.82) is 0 Å². The average Bonchev–Trinajstić information content (AvgIpc) is 3.32. The number of amides is 1. The van der Waals surface area contributed by atoms with Crippen molar-refractivity contribution in [3.8, 4) is 11.4 Å². The number of hydrogen-bond acceptors (Lipinski definition) is 5. The van der Waals surface area contributed by atoms with Crippen molar-refractivity contribution < 1.29 is 9.21 Å². The third kappa shape index (κ3) is 5.38. The maximum Gasteiger partial charge on any atom is 0.234 e. The molecule has 0 saturated carbocycles. The molecule has 0 aliphatic carbocycles. The highest BCUT2D eigenvalue weighted by atomic mass is 32.2. The van der Waals surface area contributed by atoms with Gasteiger partial charge in [0.05, 0.1) is 17.6 Å². The highest BCUT2D eigenvalue weighted by Gasteiger charge is 2.17. The molecule has 0 spiro atoms. The molecule has 3 aromatic rings. The summed E-state index contributed by atoms with van der Waals surface area (Å²) in [5.41, 5.74) is 2.98. The number of aryl methyl sites for hydroxylation is 2. The Balaban J connectivity index is 1.62. The molecule has 7 heteroatoms. The summed E-state index contributed by atoms with van der Waals surface area (Å²) in [5.74, 6) is 1.66. The van der Waals surface area contributed by atoms with Crippen LogP contribution < -0.4 is 5.32 Å². The standard InChI is InChI=1S/C22H26N4O2S/c1-4-6-7-17-8-10-18(11-9-17)23-20(27)15-29-22-25-24-21(26(22)13-5-2)19-12-14-28-16(19)3/h5,8-12,14H,2,4,6-7,13,15H2,1,3H3,(H,23,27). The van der Waals surface area contributed by atoms with Gasteiger partial charge in [0.2, 0.25) is 5.91 Å². The molecule has 0 aliphatic heterocycles. The summed E-state index contributed by atoms with van der Waals surface area (Å²) in [6, 6.07) is 9.91. The zero-order valence-corrected chi connectivity index (χ0v) is 17.7. The monoisotopic (exact) mass is 410 g/mol. The Kier molecular flexibility index (Phi) is 7.30. The number of nitrogens with one attached hydrogen (secondary N) is 1. The first kappa shape index (κ1) is 20.9. The molecule has 1 amide bonds. The molecule has 0 fully saturated rings. The van der Waals surface area contributed by atoms with Crippen LogP contribution >= 0.6 is 11.8 Å². The lowest BCUT2D eigenvalue weighted by Gasteiger charge is -2.08. The van der Waals surface area contributed by atoms with Gasteiger partial charge in [-0.25, -0.2) is 0 Å². The van der Waals surface area contributed by atoms with Gasteiger partial charge in [-0.05, 0) is 43.5 Å². The van der Waals surface area contributed by atoms with Crippen LogP contribution in [0.15, 0.2) is 58.8 Å². The summed E-state index contributed by atoms with van der Waals surface area (Å²) in [4.78, 5) is 12.4. The normalized spacial score (nSPS) is 10.8. The zero-order chi connectivity index (χ0) is 20.6. The second-order valence-electron chi connectivity index (χ2n) is 6.73. The molecule has 3 rings (SSSR count). The number of thioether (sulfide) groups is 1. The van der Waals surface area contributed by atoms with E-state index in [9.17, 15) is 4.79 Å². The molecular formula is C22H26N4O2S. The number of carbonyl (C=O) groups is 1. The van der Waals surface area contributed by atoms with Crippen LogP contribution in [0.1, 0.15) is 31.1 Å². The van der Waals surface area contributed by atoms with E-state index in [1.54, 1.807) is 12.3 Å². The number of nitrogens with zero attached hydrogens (tertiary/aromatic N) is 3. The van der Waals surface area contributed by atoms with Gasteiger partial charge in [-0.2, -0.15) is 0 Å². The Hall–Kier alpha value is -2.80. The number of anilines is 1. The van der Waals surface area contributed by atoms with Crippen molar-refractivity contribution in [2.75, 3.05) is 11.1 Å². The molecular weight excluding hydrogens is 384 g/mol. The van der Waals surface area contributed by atoms with Gasteiger partial charge in [-0.1, -0.05) is 43.3 Å². The number of hydrogen-bond donors (Lipinski definition) is 1. The fourth-order valence-corrected chi connectivity index (χ4v) is 3.72. The Morgan fingerprint density at radius 2 is 2.07 bits per heavy atom. The van der Waals surface area contributed by atoms with Gasteiger partial charge >= 0.3 is 0 Å². The molecule has 1 aromatic carbocycles. The molecule has 0 aliphatic rings. The summed E-state index contributed by atoms with van der Waals surface area (Å²) in [7, 11) is 0. The predicted molar refractivity (Wildman–Crippen MR) is 117 cm³/mol. The highest BCUT2D eigenvalue weighted by Crippen LogP contribution is 2.27. The molecule has 6 nitrogen and oxygen atoms in total. The van der Waals surface area contributed by atoms with Gasteiger partial charge < -0.3 is 9.73 Å². The van der Waals surface area contributed by atoms with Gasteiger partial charge in [-0.3, -0.25) is 9.36 Å². The van der Waals surface area contributed by atoms with Crippen molar-refractivity contribution >= 4 is 23.4 Å². The molecule has 0 radical (unpaired) electrons. The van der Waals surface area contributed by atoms with E-state index in [1.165, 1.54) is 30.2 Å². The second-order valence-corrected chi connectivity index (χ2v) is 7.68. The van der Waals surface area contributed by atoms with Crippen molar-refractivity contribution in [3.05, 3.63) is 60.6 Å². The third-order valence-electron chi connectivity index (χ3n) is 4.52. The molecule has 1 N–H and O–H groups in total. The lowest BCUT2D eigenvalue weighted by molar-refractivity contribution is -0.113. The lowest BCUT2D eigenvalue weighted by Crippen LogP contribution is -2.14. The van der Waals surface area contributed by atoms with Gasteiger partial charge in [-0.15, -0.1) is 16.8 Å². The summed E-state index contributed by atoms with van der Waals surface area (Å²) in [6.45, 7) is 8.43. The first-order valence-corrected chi connectivity index (χ1v) is 10.7. The minimum absolute atomic E-state index is 0.0782. The van der Waals surface area contributed by atoms with Crippen molar-refractivity contribution in [2.45, 2.75) is 44.8 Å². The number of furan rings is 1. The summed E-state index contributed by atoms with van der Waals surface area (Å²) in [6.07, 6.45) is 6.83. The Morgan fingerprint density at radius 3 is 2.72 bits per heavy atom. The summed E-state index contributed by atoms with van der Waals surface area (Å²) < 4.78 is 7.31. The molecule has 29 heavy (non-hydrogen) atoms. The molecule has 152 valence electrons. The number of aromatic nitrogens is 3. The van der Waals surface area contributed by atoms with Crippen molar-refractivity contribution in [1.82, 2.24) is 14.8 Å². The van der Waals surface area contributed by atoms with E-state index in [2.05, 4.69) is 41.1 Å². The number of carbonyl (C=O) groups excluding carboxylic acids is 1. The molecule has 0 atom stereocenters. The van der Waals surface area contributed by atoms with Crippen LogP contribution in [0.3, 0.4) is 0 Å². The third-order valence-corrected chi connectivity index (χ3v) is 5.48. The van der Waals surface area contributed by atoms with E-state index >= 15 is 0 Å². The first-order chi connectivity index (χ1) is 14.1. The fraction of sp³-hybridized carbons (Fsp3) is 0.318. The maximum atomic E-state index is 12.4. The number of rotatable bonds is 10. The predicted octanol–water partition coefficient (Wildman–Crippen LogP) is 5.11. The van der Waals surface area contributed by atoms with E-state index in [1.807, 2.05) is 29.7 Å². The van der Waals surface area contributed by atoms with E-state index in [0.717, 1.165) is 23.4 Å². The highest BCUT2D eigenvalue weighted by molar-refractivity contribution is 7.99. The second kappa shape index (κ2) is 10.1. The van der Waals surface area contributed by atoms with Crippen LogP contribution in [-0.2, 0) is 17.8 Å². The first-order valence-electron chi connectivity index (χ1n) is 9.72. The molecule has 0 bridgehead atoms. The smallest absolute Gasteiger partial charge is 0.234 e. The van der Waals surface area contributed by atoms with Crippen molar-refractivity contribution in [2.24, 2.45) is 0 Å². The van der Waals surface area contributed by atoms with E-state index < -0.39 is 0 Å². The van der Waals surface area contributed by atoms with Crippen molar-refractivity contribution in [3.63, 3.8) is 0 Å². The Labute approximate surface area is 175 Å². The van der Waals surface area contributed by atoms with Crippen LogP contribution in [0.4, 0.5) is 5.69 Å². The Bertz CT molecular complexity index is 960. The van der Waals surface area contributed by atoms with Gasteiger partial charge in [0.1, 0.15) is 5.76 Å². The van der Waals surface area contributed by atoms with Gasteiger partial charge in [0.15, 0.2) is 11.0 Å². The van der Waals surface area contributed by atoms with Crippen LogP contribution in [0.5, 0.6) is 0 Å². The average molecular weight is 411 g/mol. The molecule has 2 heterocycles. The SMILES string of the molecule is C=CCn1c(SCC(=O)Nc2ccc(CCCC)cc2)nnc1-c1ccoc1C.